The van der Waals surface area contributed by atoms with Gasteiger partial charge in [-0.25, -0.2) is 4.79 Å². The number of amides is 1. The van der Waals surface area contributed by atoms with Crippen molar-refractivity contribution in [3.05, 3.63) is 70.8 Å². The van der Waals surface area contributed by atoms with Gasteiger partial charge >= 0.3 is 6.09 Å². The molecule has 24 heavy (non-hydrogen) atoms. The molecule has 0 aromatic heterocycles. The number of rotatable bonds is 6. The number of ether oxygens (including phenoxy) is 2. The van der Waals surface area contributed by atoms with Gasteiger partial charge in [-0.3, -0.25) is 0 Å². The van der Waals surface area contributed by atoms with E-state index < -0.39 is 6.09 Å². The van der Waals surface area contributed by atoms with Gasteiger partial charge in [0, 0.05) is 6.54 Å². The molecule has 0 atom stereocenters. The fourth-order valence-corrected chi connectivity index (χ4v) is 2.41. The third kappa shape index (κ3) is 5.16. The van der Waals surface area contributed by atoms with Crippen molar-refractivity contribution in [2.45, 2.75) is 20.5 Å². The van der Waals surface area contributed by atoms with E-state index in [4.69, 9.17) is 9.47 Å². The van der Waals surface area contributed by atoms with Crippen LogP contribution < -0.4 is 10.1 Å². The van der Waals surface area contributed by atoms with Crippen molar-refractivity contribution in [2.24, 2.45) is 0 Å². The molecule has 4 heteroatoms. The van der Waals surface area contributed by atoms with Crippen LogP contribution in [0.15, 0.2) is 48.5 Å². The lowest BCUT2D eigenvalue weighted by Crippen LogP contribution is -2.24. The number of hydrogen-bond donors (Lipinski definition) is 1. The first-order valence-corrected chi connectivity index (χ1v) is 7.86. The second kappa shape index (κ2) is 8.77. The Bertz CT molecular complexity index is 685. The molecular formula is C20H23NO3. The summed E-state index contributed by atoms with van der Waals surface area (Å²) in [6.07, 6.45) is 3.49. The van der Waals surface area contributed by atoms with Gasteiger partial charge in [-0.05, 0) is 48.2 Å². The van der Waals surface area contributed by atoms with Gasteiger partial charge in [-0.15, -0.1) is 0 Å². The van der Waals surface area contributed by atoms with Crippen molar-refractivity contribution in [2.75, 3.05) is 13.7 Å². The Morgan fingerprint density at radius 1 is 1.12 bits per heavy atom. The van der Waals surface area contributed by atoms with E-state index in [1.807, 2.05) is 68.5 Å². The van der Waals surface area contributed by atoms with Crippen LogP contribution in [-0.2, 0) is 11.3 Å². The number of methoxy groups -OCH3 is 1. The highest BCUT2D eigenvalue weighted by atomic mass is 16.5. The molecule has 0 spiro atoms. The quantitative estimate of drug-likeness (QED) is 0.863. The molecule has 2 aromatic rings. The SMILES string of the molecule is COc1cc(C)c(C=CCNC(=O)OCc2ccccc2)c(C)c1. The molecule has 4 nitrogen and oxygen atoms in total. The van der Waals surface area contributed by atoms with E-state index >= 15 is 0 Å². The Morgan fingerprint density at radius 2 is 1.79 bits per heavy atom. The highest BCUT2D eigenvalue weighted by Crippen LogP contribution is 2.22. The summed E-state index contributed by atoms with van der Waals surface area (Å²) in [6, 6.07) is 13.6. The predicted molar refractivity (Wildman–Crippen MR) is 96.1 cm³/mol. The molecule has 0 fully saturated rings. The van der Waals surface area contributed by atoms with Crippen LogP contribution in [0.1, 0.15) is 22.3 Å². The Labute approximate surface area is 143 Å². The molecule has 0 unspecified atom stereocenters. The normalized spacial score (nSPS) is 10.6. The van der Waals surface area contributed by atoms with Crippen LogP contribution >= 0.6 is 0 Å². The van der Waals surface area contributed by atoms with E-state index in [0.29, 0.717) is 6.54 Å². The Balaban J connectivity index is 1.81. The number of hydrogen-bond acceptors (Lipinski definition) is 3. The fraction of sp³-hybridized carbons (Fsp3) is 0.250. The maximum absolute atomic E-state index is 11.7. The summed E-state index contributed by atoms with van der Waals surface area (Å²) in [5.74, 6) is 0.852. The predicted octanol–water partition coefficient (Wildman–Crippen LogP) is 4.25. The molecule has 0 radical (unpaired) electrons. The second-order valence-corrected chi connectivity index (χ2v) is 5.52. The van der Waals surface area contributed by atoms with Crippen molar-refractivity contribution < 1.29 is 14.3 Å². The first kappa shape index (κ1) is 17.6. The molecule has 2 rings (SSSR count). The Morgan fingerprint density at radius 3 is 2.42 bits per heavy atom. The van der Waals surface area contributed by atoms with Gasteiger partial charge in [0.05, 0.1) is 7.11 Å². The Kier molecular flexibility index (Phi) is 6.43. The van der Waals surface area contributed by atoms with Crippen molar-refractivity contribution >= 4 is 12.2 Å². The molecule has 1 N–H and O–H groups in total. The first-order chi connectivity index (χ1) is 11.6. The molecule has 0 aliphatic carbocycles. The first-order valence-electron chi connectivity index (χ1n) is 7.86. The van der Waals surface area contributed by atoms with E-state index in [-0.39, 0.29) is 6.61 Å². The highest BCUT2D eigenvalue weighted by Gasteiger charge is 2.03. The number of nitrogens with one attached hydrogen (secondary N) is 1. The highest BCUT2D eigenvalue weighted by molar-refractivity contribution is 5.68. The summed E-state index contributed by atoms with van der Waals surface area (Å²) in [6.45, 7) is 4.76. The largest absolute Gasteiger partial charge is 0.497 e. The topological polar surface area (TPSA) is 47.6 Å². The monoisotopic (exact) mass is 325 g/mol. The number of carbonyl (C=O) groups excluding carboxylic acids is 1. The van der Waals surface area contributed by atoms with Crippen LogP contribution in [0.5, 0.6) is 5.75 Å². The van der Waals surface area contributed by atoms with Crippen molar-refractivity contribution in [3.63, 3.8) is 0 Å². The molecule has 0 aliphatic heterocycles. The number of benzene rings is 2. The van der Waals surface area contributed by atoms with Crippen molar-refractivity contribution in [3.8, 4) is 5.75 Å². The van der Waals surface area contributed by atoms with Crippen LogP contribution in [0.3, 0.4) is 0 Å². The lowest BCUT2D eigenvalue weighted by Gasteiger charge is -2.09. The minimum Gasteiger partial charge on any atom is -0.497 e. The van der Waals surface area contributed by atoms with Crippen LogP contribution in [0.25, 0.3) is 6.08 Å². The molecular weight excluding hydrogens is 302 g/mol. The van der Waals surface area contributed by atoms with Crippen molar-refractivity contribution in [1.82, 2.24) is 5.32 Å². The van der Waals surface area contributed by atoms with E-state index in [1.165, 1.54) is 0 Å². The van der Waals surface area contributed by atoms with Crippen LogP contribution in [0.4, 0.5) is 4.79 Å². The molecule has 126 valence electrons. The van der Waals surface area contributed by atoms with Gasteiger partial charge < -0.3 is 14.8 Å². The number of alkyl carbamates (subject to hydrolysis) is 1. The summed E-state index contributed by atoms with van der Waals surface area (Å²) in [5.41, 5.74) is 4.37. The van der Waals surface area contributed by atoms with E-state index in [1.54, 1.807) is 7.11 Å². The molecule has 2 aromatic carbocycles. The summed E-state index contributed by atoms with van der Waals surface area (Å²) >= 11 is 0. The van der Waals surface area contributed by atoms with Gasteiger partial charge in [0.1, 0.15) is 12.4 Å². The molecule has 0 heterocycles. The van der Waals surface area contributed by atoms with Crippen molar-refractivity contribution in [1.29, 1.82) is 0 Å². The lowest BCUT2D eigenvalue weighted by atomic mass is 10.0. The van der Waals surface area contributed by atoms with E-state index in [9.17, 15) is 4.79 Å². The van der Waals surface area contributed by atoms with Gasteiger partial charge in [-0.2, -0.15) is 0 Å². The zero-order valence-electron chi connectivity index (χ0n) is 14.3. The van der Waals surface area contributed by atoms with E-state index in [2.05, 4.69) is 5.32 Å². The molecule has 0 saturated carbocycles. The number of carbonyl (C=O) groups is 1. The number of aryl methyl sites for hydroxylation is 2. The average molecular weight is 325 g/mol. The van der Waals surface area contributed by atoms with Gasteiger partial charge in [-0.1, -0.05) is 42.5 Å². The molecule has 0 bridgehead atoms. The van der Waals surface area contributed by atoms with Gasteiger partial charge in [0.2, 0.25) is 0 Å². The zero-order valence-corrected chi connectivity index (χ0v) is 14.3. The third-order valence-electron chi connectivity index (χ3n) is 3.66. The standard InChI is InChI=1S/C20H23NO3/c1-15-12-18(23-3)13-16(2)19(15)10-7-11-21-20(22)24-14-17-8-5-4-6-9-17/h4-10,12-13H,11,14H2,1-3H3,(H,21,22). The lowest BCUT2D eigenvalue weighted by molar-refractivity contribution is 0.141. The van der Waals surface area contributed by atoms with E-state index in [0.717, 1.165) is 28.0 Å². The van der Waals surface area contributed by atoms with Crippen LogP contribution in [0.2, 0.25) is 0 Å². The maximum atomic E-state index is 11.7. The molecule has 0 saturated heterocycles. The van der Waals surface area contributed by atoms with Crippen LogP contribution in [-0.4, -0.2) is 19.7 Å². The smallest absolute Gasteiger partial charge is 0.407 e. The fourth-order valence-electron chi connectivity index (χ4n) is 2.41. The third-order valence-corrected chi connectivity index (χ3v) is 3.66. The minimum absolute atomic E-state index is 0.271. The summed E-state index contributed by atoms with van der Waals surface area (Å²) in [7, 11) is 1.66. The summed E-state index contributed by atoms with van der Waals surface area (Å²) in [4.78, 5) is 11.7. The zero-order chi connectivity index (χ0) is 17.4. The second-order valence-electron chi connectivity index (χ2n) is 5.52. The molecule has 0 aliphatic rings. The maximum Gasteiger partial charge on any atom is 0.407 e. The summed E-state index contributed by atoms with van der Waals surface area (Å²) in [5, 5.41) is 2.71. The van der Waals surface area contributed by atoms with Gasteiger partial charge in [0.15, 0.2) is 0 Å². The minimum atomic E-state index is -0.424. The van der Waals surface area contributed by atoms with Crippen LogP contribution in [0, 0.1) is 13.8 Å². The van der Waals surface area contributed by atoms with Gasteiger partial charge in [0.25, 0.3) is 0 Å². The summed E-state index contributed by atoms with van der Waals surface area (Å²) < 4.78 is 10.4. The average Bonchev–Trinajstić information content (AvgIpc) is 2.59. The Hall–Kier alpha value is -2.75. The molecule has 1 amide bonds.